The first kappa shape index (κ1) is 13.9. The molecule has 1 atom stereocenters. The largest absolute Gasteiger partial charge is 0.391 e. The van der Waals surface area contributed by atoms with E-state index in [2.05, 4.69) is 10.3 Å². The van der Waals surface area contributed by atoms with Crippen molar-refractivity contribution in [3.63, 3.8) is 0 Å². The summed E-state index contributed by atoms with van der Waals surface area (Å²) in [6, 6.07) is 2.98. The summed E-state index contributed by atoms with van der Waals surface area (Å²) in [6.07, 6.45) is 0.499. The Labute approximate surface area is 104 Å². The molecule has 1 aromatic rings. The lowest BCUT2D eigenvalue weighted by atomic mass is 10.1. The van der Waals surface area contributed by atoms with Gasteiger partial charge < -0.3 is 10.4 Å². The zero-order valence-corrected chi connectivity index (χ0v) is 10.1. The third kappa shape index (κ3) is 3.40. The van der Waals surface area contributed by atoms with Gasteiger partial charge in [0.2, 0.25) is 0 Å². The average molecular weight is 250 g/mol. The quantitative estimate of drug-likeness (QED) is 0.601. The molecule has 0 aliphatic carbocycles. The molecule has 0 fully saturated rings. The number of nitro groups is 1. The van der Waals surface area contributed by atoms with Crippen LogP contribution in [0.3, 0.4) is 0 Å². The number of aliphatic hydroxyl groups is 1. The molecule has 0 radical (unpaired) electrons. The van der Waals surface area contributed by atoms with Gasteiger partial charge in [0.25, 0.3) is 5.69 Å². The molecule has 96 valence electrons. The summed E-state index contributed by atoms with van der Waals surface area (Å²) in [5, 5.41) is 31.8. The predicted molar refractivity (Wildman–Crippen MR) is 64.9 cm³/mol. The molecule has 0 amide bonds. The van der Waals surface area contributed by atoms with Crippen LogP contribution in [0.25, 0.3) is 0 Å². The Morgan fingerprint density at radius 1 is 1.67 bits per heavy atom. The fourth-order valence-electron chi connectivity index (χ4n) is 1.22. The first-order chi connectivity index (χ1) is 8.45. The van der Waals surface area contributed by atoms with E-state index in [0.29, 0.717) is 0 Å². The molecule has 18 heavy (non-hydrogen) atoms. The second-order valence-electron chi connectivity index (χ2n) is 4.15. The van der Waals surface area contributed by atoms with Crippen LogP contribution in [0.1, 0.15) is 19.4 Å². The van der Waals surface area contributed by atoms with Crippen molar-refractivity contribution in [1.82, 2.24) is 4.98 Å². The Bertz CT molecular complexity index is 482. The van der Waals surface area contributed by atoms with Crippen molar-refractivity contribution < 1.29 is 10.0 Å². The molecular formula is C11H14N4O3. The molecule has 1 heterocycles. The Morgan fingerprint density at radius 3 is 2.83 bits per heavy atom. The van der Waals surface area contributed by atoms with E-state index in [-0.39, 0.29) is 29.5 Å². The van der Waals surface area contributed by atoms with E-state index in [1.165, 1.54) is 0 Å². The lowest BCUT2D eigenvalue weighted by Crippen LogP contribution is -2.25. The van der Waals surface area contributed by atoms with Crippen molar-refractivity contribution in [2.75, 3.05) is 11.9 Å². The number of nitrogens with zero attached hydrogens (tertiary/aromatic N) is 3. The fourth-order valence-corrected chi connectivity index (χ4v) is 1.22. The number of aliphatic hydroxyl groups excluding tert-OH is 1. The van der Waals surface area contributed by atoms with Gasteiger partial charge in [0.05, 0.1) is 11.0 Å². The number of hydrogen-bond acceptors (Lipinski definition) is 6. The molecule has 7 heteroatoms. The highest BCUT2D eigenvalue weighted by atomic mass is 16.6. The zero-order chi connectivity index (χ0) is 13.7. The summed E-state index contributed by atoms with van der Waals surface area (Å²) < 4.78 is 0. The predicted octanol–water partition coefficient (Wildman–Crippen LogP) is 1.29. The van der Waals surface area contributed by atoms with E-state index in [0.717, 1.165) is 12.3 Å². The Morgan fingerprint density at radius 2 is 2.33 bits per heavy atom. The maximum absolute atomic E-state index is 10.5. The monoisotopic (exact) mass is 250 g/mol. The fraction of sp³-hybridized carbons (Fsp3) is 0.455. The van der Waals surface area contributed by atoms with Gasteiger partial charge >= 0.3 is 0 Å². The number of pyridine rings is 1. The average Bonchev–Trinajstić information content (AvgIpc) is 2.35. The van der Waals surface area contributed by atoms with Gasteiger partial charge in [-0.1, -0.05) is 13.8 Å². The lowest BCUT2D eigenvalue weighted by Gasteiger charge is -2.15. The molecule has 0 bridgehead atoms. The van der Waals surface area contributed by atoms with Crippen LogP contribution in [0.15, 0.2) is 12.3 Å². The van der Waals surface area contributed by atoms with Crippen LogP contribution < -0.4 is 5.32 Å². The first-order valence-corrected chi connectivity index (χ1v) is 5.42. The van der Waals surface area contributed by atoms with E-state index < -0.39 is 11.0 Å². The standard InChI is InChI=1S/C11H14N4O3/c1-7(2)10(16)6-14-11-8(4-12)3-9(5-13-11)15(17)18/h3,5,7,10,16H,6H2,1-2H3,(H,13,14). The molecule has 2 N–H and O–H groups in total. The van der Waals surface area contributed by atoms with Gasteiger partial charge in [0.1, 0.15) is 23.6 Å². The number of hydrogen-bond donors (Lipinski definition) is 2. The van der Waals surface area contributed by atoms with Gasteiger partial charge in [-0.2, -0.15) is 5.26 Å². The third-order valence-electron chi connectivity index (χ3n) is 2.45. The molecule has 1 unspecified atom stereocenters. The summed E-state index contributed by atoms with van der Waals surface area (Å²) in [5.74, 6) is 0.309. The van der Waals surface area contributed by atoms with Crippen LogP contribution in [-0.4, -0.2) is 27.7 Å². The second kappa shape index (κ2) is 5.93. The first-order valence-electron chi connectivity index (χ1n) is 5.42. The van der Waals surface area contributed by atoms with Crippen LogP contribution in [-0.2, 0) is 0 Å². The smallest absolute Gasteiger partial charge is 0.289 e. The maximum atomic E-state index is 10.5. The topological polar surface area (TPSA) is 112 Å². The van der Waals surface area contributed by atoms with Crippen molar-refractivity contribution in [3.8, 4) is 6.07 Å². The third-order valence-corrected chi connectivity index (χ3v) is 2.45. The number of aromatic nitrogens is 1. The van der Waals surface area contributed by atoms with E-state index in [4.69, 9.17) is 5.26 Å². The number of nitrogens with one attached hydrogen (secondary N) is 1. The second-order valence-corrected chi connectivity index (χ2v) is 4.15. The number of anilines is 1. The van der Waals surface area contributed by atoms with E-state index >= 15 is 0 Å². The number of rotatable bonds is 5. The molecule has 0 aromatic carbocycles. The van der Waals surface area contributed by atoms with Gasteiger partial charge in [-0.15, -0.1) is 0 Å². The van der Waals surface area contributed by atoms with Gasteiger partial charge in [-0.3, -0.25) is 10.1 Å². The molecule has 0 spiro atoms. The molecular weight excluding hydrogens is 236 g/mol. The molecule has 1 aromatic heterocycles. The summed E-state index contributed by atoms with van der Waals surface area (Å²) in [6.45, 7) is 3.96. The van der Waals surface area contributed by atoms with Crippen molar-refractivity contribution in [1.29, 1.82) is 5.26 Å². The summed E-state index contributed by atoms with van der Waals surface area (Å²) in [7, 11) is 0. The summed E-state index contributed by atoms with van der Waals surface area (Å²) >= 11 is 0. The number of nitriles is 1. The maximum Gasteiger partial charge on any atom is 0.289 e. The zero-order valence-electron chi connectivity index (χ0n) is 10.1. The highest BCUT2D eigenvalue weighted by Crippen LogP contribution is 2.18. The van der Waals surface area contributed by atoms with E-state index in [9.17, 15) is 15.2 Å². The van der Waals surface area contributed by atoms with Crippen LogP contribution in [0.2, 0.25) is 0 Å². The van der Waals surface area contributed by atoms with Crippen LogP contribution in [0, 0.1) is 27.4 Å². The molecule has 7 nitrogen and oxygen atoms in total. The van der Waals surface area contributed by atoms with Gasteiger partial charge in [-0.05, 0) is 5.92 Å². The van der Waals surface area contributed by atoms with Gasteiger partial charge in [-0.25, -0.2) is 4.98 Å². The minimum atomic E-state index is -0.611. The highest BCUT2D eigenvalue weighted by Gasteiger charge is 2.14. The lowest BCUT2D eigenvalue weighted by molar-refractivity contribution is -0.385. The minimum Gasteiger partial charge on any atom is -0.391 e. The minimum absolute atomic E-state index is 0.0704. The van der Waals surface area contributed by atoms with E-state index in [1.54, 1.807) is 0 Å². The van der Waals surface area contributed by atoms with Crippen molar-refractivity contribution in [2.24, 2.45) is 5.92 Å². The molecule has 0 saturated heterocycles. The van der Waals surface area contributed by atoms with Crippen LogP contribution in [0.5, 0.6) is 0 Å². The van der Waals surface area contributed by atoms with Gasteiger partial charge in [0, 0.05) is 12.6 Å². The van der Waals surface area contributed by atoms with Crippen molar-refractivity contribution >= 4 is 11.5 Å². The molecule has 0 saturated carbocycles. The van der Waals surface area contributed by atoms with Crippen LogP contribution in [0.4, 0.5) is 11.5 Å². The molecule has 0 aliphatic heterocycles. The van der Waals surface area contributed by atoms with Crippen molar-refractivity contribution in [3.05, 3.63) is 27.9 Å². The van der Waals surface area contributed by atoms with E-state index in [1.807, 2.05) is 19.9 Å². The Hall–Kier alpha value is -2.20. The Balaban J connectivity index is 2.84. The SMILES string of the molecule is CC(C)C(O)CNc1ncc([N+](=O)[O-])cc1C#N. The summed E-state index contributed by atoms with van der Waals surface area (Å²) in [5.41, 5.74) is -0.151. The van der Waals surface area contributed by atoms with Gasteiger partial charge in [0.15, 0.2) is 0 Å². The Kier molecular flexibility index (Phi) is 4.57. The van der Waals surface area contributed by atoms with Crippen LogP contribution >= 0.6 is 0 Å². The molecule has 1 rings (SSSR count). The highest BCUT2D eigenvalue weighted by molar-refractivity contribution is 5.55. The molecule has 0 aliphatic rings. The normalized spacial score (nSPS) is 11.9. The van der Waals surface area contributed by atoms with Crippen molar-refractivity contribution in [2.45, 2.75) is 20.0 Å². The summed E-state index contributed by atoms with van der Waals surface area (Å²) in [4.78, 5) is 13.7.